The monoisotopic (exact) mass is 297 g/mol. The van der Waals surface area contributed by atoms with Crippen molar-refractivity contribution in [1.82, 2.24) is 4.57 Å². The number of hydrogen-bond acceptors (Lipinski definition) is 1. The molecule has 2 aromatic rings. The van der Waals surface area contributed by atoms with Crippen LogP contribution in [0.4, 0.5) is 0 Å². The minimum absolute atomic E-state index is 1.03. The third kappa shape index (κ3) is 2.16. The molecule has 0 saturated heterocycles. The molecule has 1 aromatic heterocycles. The first-order valence-corrected chi connectivity index (χ1v) is 7.57. The number of para-hydroxylation sites is 1. The van der Waals surface area contributed by atoms with Gasteiger partial charge in [-0.15, -0.1) is 0 Å². The largest absolute Gasteiger partial charge is 0.343 e. The van der Waals surface area contributed by atoms with Crippen molar-refractivity contribution in [2.75, 3.05) is 5.75 Å². The molecule has 0 N–H and O–H groups in total. The molecule has 0 bridgehead atoms. The molecule has 0 atom stereocenters. The fourth-order valence-electron chi connectivity index (χ4n) is 2.02. The van der Waals surface area contributed by atoms with Gasteiger partial charge in [0.2, 0.25) is 0 Å². The first kappa shape index (κ1) is 12.1. The second-order valence-electron chi connectivity index (χ2n) is 3.69. The first-order chi connectivity index (χ1) is 7.77. The van der Waals surface area contributed by atoms with Crippen LogP contribution in [0.15, 0.2) is 28.7 Å². The number of nitrogens with zero attached hydrogens (tertiary/aromatic N) is 1. The highest BCUT2D eigenvalue weighted by atomic mass is 79.9. The van der Waals surface area contributed by atoms with E-state index in [1.54, 1.807) is 0 Å². The average molecular weight is 298 g/mol. The van der Waals surface area contributed by atoms with Crippen molar-refractivity contribution in [3.63, 3.8) is 0 Å². The molecule has 1 nitrogen and oxygen atoms in total. The van der Waals surface area contributed by atoms with Crippen LogP contribution in [0, 0.1) is 0 Å². The molecule has 2 rings (SSSR count). The number of thioether (sulfide) groups is 1. The number of hydrogen-bond donors (Lipinski definition) is 0. The topological polar surface area (TPSA) is 4.93 Å². The summed E-state index contributed by atoms with van der Waals surface area (Å²) in [4.78, 5) is 0. The maximum absolute atomic E-state index is 3.64. The first-order valence-electron chi connectivity index (χ1n) is 5.62. The SMILES string of the molecule is CCSCc1cc2cccc(Br)c2n1CC. The van der Waals surface area contributed by atoms with Gasteiger partial charge in [-0.1, -0.05) is 19.1 Å². The summed E-state index contributed by atoms with van der Waals surface area (Å²) in [6.45, 7) is 5.45. The van der Waals surface area contributed by atoms with Crippen LogP contribution in [-0.4, -0.2) is 10.3 Å². The summed E-state index contributed by atoms with van der Waals surface area (Å²) >= 11 is 5.62. The molecule has 0 aliphatic rings. The van der Waals surface area contributed by atoms with E-state index in [9.17, 15) is 0 Å². The zero-order valence-electron chi connectivity index (χ0n) is 9.66. The van der Waals surface area contributed by atoms with E-state index in [-0.39, 0.29) is 0 Å². The maximum atomic E-state index is 3.64. The third-order valence-electron chi connectivity index (χ3n) is 2.73. The van der Waals surface area contributed by atoms with Crippen LogP contribution in [-0.2, 0) is 12.3 Å². The molecule has 0 fully saturated rings. The number of aromatic nitrogens is 1. The number of halogens is 1. The van der Waals surface area contributed by atoms with Gasteiger partial charge in [0.15, 0.2) is 0 Å². The van der Waals surface area contributed by atoms with E-state index in [0.717, 1.165) is 12.3 Å². The van der Waals surface area contributed by atoms with Gasteiger partial charge in [-0.25, -0.2) is 0 Å². The Morgan fingerprint density at radius 2 is 2.12 bits per heavy atom. The zero-order valence-corrected chi connectivity index (χ0v) is 12.1. The normalized spacial score (nSPS) is 11.2. The molecule has 1 heterocycles. The summed E-state index contributed by atoms with van der Waals surface area (Å²) in [5.41, 5.74) is 2.76. The van der Waals surface area contributed by atoms with Gasteiger partial charge < -0.3 is 4.57 Å². The van der Waals surface area contributed by atoms with Crippen molar-refractivity contribution in [3.05, 3.63) is 34.4 Å². The smallest absolute Gasteiger partial charge is 0.0627 e. The van der Waals surface area contributed by atoms with Gasteiger partial charge >= 0.3 is 0 Å². The Morgan fingerprint density at radius 3 is 2.81 bits per heavy atom. The Kier molecular flexibility index (Phi) is 3.98. The van der Waals surface area contributed by atoms with Crippen molar-refractivity contribution >= 4 is 38.6 Å². The molecule has 0 aliphatic heterocycles. The number of benzene rings is 1. The Balaban J connectivity index is 2.53. The molecule has 0 spiro atoms. The van der Waals surface area contributed by atoms with Crippen molar-refractivity contribution in [2.24, 2.45) is 0 Å². The molecule has 0 unspecified atom stereocenters. The highest BCUT2D eigenvalue weighted by Gasteiger charge is 2.09. The molecule has 0 saturated carbocycles. The van der Waals surface area contributed by atoms with Crippen LogP contribution in [0.1, 0.15) is 19.5 Å². The van der Waals surface area contributed by atoms with Crippen LogP contribution in [0.3, 0.4) is 0 Å². The lowest BCUT2D eigenvalue weighted by atomic mass is 10.2. The highest BCUT2D eigenvalue weighted by molar-refractivity contribution is 9.10. The number of fused-ring (bicyclic) bond motifs is 1. The molecular formula is C13H16BrNS. The van der Waals surface area contributed by atoms with Crippen LogP contribution in [0.2, 0.25) is 0 Å². The van der Waals surface area contributed by atoms with E-state index >= 15 is 0 Å². The molecule has 16 heavy (non-hydrogen) atoms. The fraction of sp³-hybridized carbons (Fsp3) is 0.385. The average Bonchev–Trinajstić information content (AvgIpc) is 2.65. The minimum atomic E-state index is 1.03. The summed E-state index contributed by atoms with van der Waals surface area (Å²) in [5.74, 6) is 2.28. The lowest BCUT2D eigenvalue weighted by molar-refractivity contribution is 0.764. The minimum Gasteiger partial charge on any atom is -0.343 e. The van der Waals surface area contributed by atoms with E-state index in [2.05, 4.69) is 58.6 Å². The van der Waals surface area contributed by atoms with Gasteiger partial charge in [0.1, 0.15) is 0 Å². The van der Waals surface area contributed by atoms with Crippen molar-refractivity contribution in [3.8, 4) is 0 Å². The van der Waals surface area contributed by atoms with Crippen LogP contribution in [0.25, 0.3) is 10.9 Å². The molecule has 1 aromatic carbocycles. The standard InChI is InChI=1S/C13H16BrNS/c1-3-15-11(9-16-4-2)8-10-6-5-7-12(14)13(10)15/h5-8H,3-4,9H2,1-2H3. The van der Waals surface area contributed by atoms with Crippen molar-refractivity contribution in [1.29, 1.82) is 0 Å². The second kappa shape index (κ2) is 5.28. The maximum Gasteiger partial charge on any atom is 0.0627 e. The fourth-order valence-corrected chi connectivity index (χ4v) is 3.27. The quantitative estimate of drug-likeness (QED) is 0.793. The second-order valence-corrected chi connectivity index (χ2v) is 5.82. The predicted octanol–water partition coefficient (Wildman–Crippen LogP) is 4.68. The lowest BCUT2D eigenvalue weighted by Crippen LogP contribution is -1.99. The molecule has 0 aliphatic carbocycles. The highest BCUT2D eigenvalue weighted by Crippen LogP contribution is 2.29. The van der Waals surface area contributed by atoms with E-state index in [4.69, 9.17) is 0 Å². The predicted molar refractivity (Wildman–Crippen MR) is 77.1 cm³/mol. The van der Waals surface area contributed by atoms with Gasteiger partial charge in [-0.05, 0) is 40.7 Å². The Hall–Kier alpha value is -0.410. The van der Waals surface area contributed by atoms with Crippen molar-refractivity contribution in [2.45, 2.75) is 26.1 Å². The van der Waals surface area contributed by atoms with Crippen LogP contribution >= 0.6 is 27.7 Å². The Morgan fingerprint density at radius 1 is 1.31 bits per heavy atom. The van der Waals surface area contributed by atoms with E-state index in [1.807, 2.05) is 11.8 Å². The van der Waals surface area contributed by atoms with Crippen LogP contribution in [0.5, 0.6) is 0 Å². The van der Waals surface area contributed by atoms with E-state index < -0.39 is 0 Å². The van der Waals surface area contributed by atoms with Gasteiger partial charge in [0.25, 0.3) is 0 Å². The summed E-state index contributed by atoms with van der Waals surface area (Å²) in [6, 6.07) is 8.72. The molecule has 3 heteroatoms. The van der Waals surface area contributed by atoms with E-state index in [0.29, 0.717) is 0 Å². The lowest BCUT2D eigenvalue weighted by Gasteiger charge is -2.08. The molecule has 86 valence electrons. The van der Waals surface area contributed by atoms with Gasteiger partial charge in [-0.2, -0.15) is 11.8 Å². The van der Waals surface area contributed by atoms with Gasteiger partial charge in [0.05, 0.1) is 5.52 Å². The Labute approximate surface area is 109 Å². The summed E-state index contributed by atoms with van der Waals surface area (Å²) in [6.07, 6.45) is 0. The summed E-state index contributed by atoms with van der Waals surface area (Å²) < 4.78 is 3.60. The summed E-state index contributed by atoms with van der Waals surface area (Å²) in [7, 11) is 0. The molecule has 0 amide bonds. The number of aryl methyl sites for hydroxylation is 1. The zero-order chi connectivity index (χ0) is 11.5. The van der Waals surface area contributed by atoms with E-state index in [1.165, 1.54) is 26.8 Å². The van der Waals surface area contributed by atoms with Gasteiger partial charge in [0, 0.05) is 27.9 Å². The molecular weight excluding hydrogens is 282 g/mol. The van der Waals surface area contributed by atoms with Crippen molar-refractivity contribution < 1.29 is 0 Å². The molecule has 0 radical (unpaired) electrons. The number of rotatable bonds is 4. The third-order valence-corrected chi connectivity index (χ3v) is 4.28. The summed E-state index contributed by atoms with van der Waals surface area (Å²) in [5, 5.41) is 1.34. The van der Waals surface area contributed by atoms with Gasteiger partial charge in [-0.3, -0.25) is 0 Å². The Bertz CT molecular complexity index is 490. The van der Waals surface area contributed by atoms with Crippen LogP contribution < -0.4 is 0 Å².